The molecule has 0 saturated carbocycles. The van der Waals surface area contributed by atoms with Crippen molar-refractivity contribution in [3.8, 4) is 0 Å². The molecule has 0 aliphatic heterocycles. The maximum Gasteiger partial charge on any atom is 0.261 e. The average Bonchev–Trinajstić information content (AvgIpc) is 2.77. The Morgan fingerprint density at radius 2 is 2.41 bits per heavy atom. The normalized spacial score (nSPS) is 12.7. The quantitative estimate of drug-likeness (QED) is 0.694. The predicted octanol–water partition coefficient (Wildman–Crippen LogP) is 0.654. The van der Waals surface area contributed by atoms with E-state index in [2.05, 4.69) is 25.2 Å². The molecule has 96 valence electrons. The summed E-state index contributed by atoms with van der Waals surface area (Å²) in [6.45, 7) is 1.06. The van der Waals surface area contributed by atoms with Gasteiger partial charge in [-0.05, 0) is 6.92 Å². The van der Waals surface area contributed by atoms with Gasteiger partial charge in [-0.1, -0.05) is 0 Å². The Bertz CT molecular complexity index is 332. The van der Waals surface area contributed by atoms with E-state index in [1.807, 2.05) is 0 Å². The van der Waals surface area contributed by atoms with Crippen LogP contribution >= 0.6 is 0 Å². The van der Waals surface area contributed by atoms with Crippen LogP contribution in [0.5, 0.6) is 0 Å². The first-order chi connectivity index (χ1) is 8.09. The number of ether oxygens (including phenoxy) is 1. The van der Waals surface area contributed by atoms with E-state index in [1.54, 1.807) is 6.92 Å². The molecular weight excluding hydrogens is 234 g/mol. The maximum absolute atomic E-state index is 11.7. The van der Waals surface area contributed by atoms with Crippen LogP contribution in [-0.4, -0.2) is 40.7 Å². The summed E-state index contributed by atoms with van der Waals surface area (Å²) in [6, 6.07) is -0.305. The Labute approximate surface area is 96.8 Å². The third kappa shape index (κ3) is 5.34. The third-order valence-electron chi connectivity index (χ3n) is 1.94. The Morgan fingerprint density at radius 3 is 3.00 bits per heavy atom. The van der Waals surface area contributed by atoms with Crippen LogP contribution in [0.2, 0.25) is 0 Å². The number of alkyl halides is 2. The highest BCUT2D eigenvalue weighted by Gasteiger charge is 2.11. The van der Waals surface area contributed by atoms with E-state index < -0.39 is 13.0 Å². The molecule has 0 fully saturated rings. The Kier molecular flexibility index (Phi) is 5.47. The number of H-pyrrole nitrogens is 1. The van der Waals surface area contributed by atoms with Crippen molar-refractivity contribution in [2.75, 3.05) is 13.2 Å². The van der Waals surface area contributed by atoms with E-state index in [-0.39, 0.29) is 25.0 Å². The van der Waals surface area contributed by atoms with Gasteiger partial charge in [-0.3, -0.25) is 9.89 Å². The van der Waals surface area contributed by atoms with Crippen LogP contribution in [0.15, 0.2) is 6.33 Å². The molecule has 17 heavy (non-hydrogen) atoms. The van der Waals surface area contributed by atoms with Crippen LogP contribution in [0.4, 0.5) is 8.78 Å². The molecule has 1 rings (SSSR count). The summed E-state index contributed by atoms with van der Waals surface area (Å²) in [7, 11) is 0. The van der Waals surface area contributed by atoms with Crippen LogP contribution < -0.4 is 5.32 Å². The van der Waals surface area contributed by atoms with Gasteiger partial charge in [-0.2, -0.15) is 5.10 Å². The van der Waals surface area contributed by atoms with E-state index in [4.69, 9.17) is 0 Å². The lowest BCUT2D eigenvalue weighted by Gasteiger charge is -2.10. The summed E-state index contributed by atoms with van der Waals surface area (Å²) in [5.41, 5.74) is 0. The summed E-state index contributed by atoms with van der Waals surface area (Å²) in [6.07, 6.45) is -1.14. The van der Waals surface area contributed by atoms with E-state index in [0.29, 0.717) is 5.82 Å². The van der Waals surface area contributed by atoms with Crippen molar-refractivity contribution in [3.63, 3.8) is 0 Å². The highest BCUT2D eigenvalue weighted by molar-refractivity contribution is 5.76. The highest BCUT2D eigenvalue weighted by atomic mass is 19.3. The largest absolute Gasteiger partial charge is 0.375 e. The van der Waals surface area contributed by atoms with E-state index in [9.17, 15) is 13.6 Å². The molecule has 8 heteroatoms. The first kappa shape index (κ1) is 13.5. The molecule has 0 radical (unpaired) electrons. The number of aromatic amines is 1. The van der Waals surface area contributed by atoms with Crippen LogP contribution in [-0.2, 0) is 9.53 Å². The van der Waals surface area contributed by atoms with Crippen LogP contribution in [0, 0.1) is 0 Å². The number of rotatable bonds is 7. The van der Waals surface area contributed by atoms with Crippen molar-refractivity contribution in [1.82, 2.24) is 20.5 Å². The molecule has 6 nitrogen and oxygen atoms in total. The lowest BCUT2D eigenvalue weighted by atomic mass is 10.3. The maximum atomic E-state index is 11.7. The van der Waals surface area contributed by atoms with Gasteiger partial charge in [-0.25, -0.2) is 13.8 Å². The summed E-state index contributed by atoms with van der Waals surface area (Å²) in [4.78, 5) is 15.2. The topological polar surface area (TPSA) is 79.9 Å². The van der Waals surface area contributed by atoms with Gasteiger partial charge in [0.15, 0.2) is 0 Å². The average molecular weight is 248 g/mol. The lowest BCUT2D eigenvalue weighted by molar-refractivity contribution is -0.123. The zero-order valence-electron chi connectivity index (χ0n) is 9.32. The SMILES string of the molecule is CC(NC(=O)CCOCC(F)F)c1ncn[nH]1. The molecule has 0 aliphatic carbocycles. The number of nitrogens with one attached hydrogen (secondary N) is 2. The van der Waals surface area contributed by atoms with Gasteiger partial charge in [0.05, 0.1) is 12.6 Å². The minimum atomic E-state index is -2.51. The molecule has 0 aliphatic rings. The Hall–Kier alpha value is -1.57. The zero-order valence-corrected chi connectivity index (χ0v) is 9.32. The number of hydrogen-bond acceptors (Lipinski definition) is 4. The van der Waals surface area contributed by atoms with Gasteiger partial charge in [0, 0.05) is 6.42 Å². The zero-order chi connectivity index (χ0) is 12.7. The number of aromatic nitrogens is 3. The monoisotopic (exact) mass is 248 g/mol. The summed E-state index contributed by atoms with van der Waals surface area (Å²) in [5, 5.41) is 8.90. The van der Waals surface area contributed by atoms with Crippen LogP contribution in [0.3, 0.4) is 0 Å². The highest BCUT2D eigenvalue weighted by Crippen LogP contribution is 2.04. The van der Waals surface area contributed by atoms with Crippen molar-refractivity contribution >= 4 is 5.91 Å². The molecule has 2 N–H and O–H groups in total. The fourth-order valence-corrected chi connectivity index (χ4v) is 1.14. The number of carbonyl (C=O) groups is 1. The van der Waals surface area contributed by atoms with Crippen molar-refractivity contribution in [2.24, 2.45) is 0 Å². The number of hydrogen-bond donors (Lipinski definition) is 2. The van der Waals surface area contributed by atoms with Gasteiger partial charge in [0.25, 0.3) is 6.43 Å². The van der Waals surface area contributed by atoms with Crippen molar-refractivity contribution in [3.05, 3.63) is 12.2 Å². The molecule has 0 saturated heterocycles. The first-order valence-corrected chi connectivity index (χ1v) is 5.10. The van der Waals surface area contributed by atoms with Crippen molar-refractivity contribution in [2.45, 2.75) is 25.8 Å². The van der Waals surface area contributed by atoms with E-state index in [1.165, 1.54) is 6.33 Å². The second-order valence-electron chi connectivity index (χ2n) is 3.38. The molecule has 1 heterocycles. The van der Waals surface area contributed by atoms with Crippen LogP contribution in [0.1, 0.15) is 25.2 Å². The van der Waals surface area contributed by atoms with Gasteiger partial charge in [-0.15, -0.1) is 0 Å². The molecule has 0 aromatic carbocycles. The summed E-state index contributed by atoms with van der Waals surface area (Å²) in [5.74, 6) is 0.245. The Morgan fingerprint density at radius 1 is 1.65 bits per heavy atom. The van der Waals surface area contributed by atoms with Gasteiger partial charge in [0.1, 0.15) is 18.8 Å². The van der Waals surface area contributed by atoms with E-state index >= 15 is 0 Å². The minimum Gasteiger partial charge on any atom is -0.375 e. The molecular formula is C9H14F2N4O2. The molecule has 1 atom stereocenters. The van der Waals surface area contributed by atoms with E-state index in [0.717, 1.165) is 0 Å². The summed E-state index contributed by atoms with van der Waals surface area (Å²) < 4.78 is 28.0. The van der Waals surface area contributed by atoms with Gasteiger partial charge < -0.3 is 10.1 Å². The minimum absolute atomic E-state index is 0.0285. The predicted molar refractivity (Wildman–Crippen MR) is 54.4 cm³/mol. The number of carbonyl (C=O) groups excluding carboxylic acids is 1. The fraction of sp³-hybridized carbons (Fsp3) is 0.667. The lowest BCUT2D eigenvalue weighted by Crippen LogP contribution is -2.28. The number of nitrogens with zero attached hydrogens (tertiary/aromatic N) is 2. The molecule has 1 aromatic rings. The van der Waals surface area contributed by atoms with Crippen molar-refractivity contribution in [1.29, 1.82) is 0 Å². The van der Waals surface area contributed by atoms with Gasteiger partial charge >= 0.3 is 0 Å². The van der Waals surface area contributed by atoms with Gasteiger partial charge in [0.2, 0.25) is 5.91 Å². The summed E-state index contributed by atoms with van der Waals surface area (Å²) >= 11 is 0. The molecule has 0 bridgehead atoms. The van der Waals surface area contributed by atoms with Crippen molar-refractivity contribution < 1.29 is 18.3 Å². The number of halogens is 2. The molecule has 1 unspecified atom stereocenters. The second-order valence-corrected chi connectivity index (χ2v) is 3.38. The smallest absolute Gasteiger partial charge is 0.261 e. The first-order valence-electron chi connectivity index (χ1n) is 5.10. The molecule has 1 aromatic heterocycles. The number of amides is 1. The third-order valence-corrected chi connectivity index (χ3v) is 1.94. The standard InChI is InChI=1S/C9H14F2N4O2/c1-6(9-12-5-13-15-9)14-8(16)2-3-17-4-7(10)11/h5-7H,2-4H2,1H3,(H,14,16)(H,12,13,15). The fourth-order valence-electron chi connectivity index (χ4n) is 1.14. The van der Waals surface area contributed by atoms with Crippen LogP contribution in [0.25, 0.3) is 0 Å². The second kappa shape index (κ2) is 6.89. The molecule has 1 amide bonds. The Balaban J connectivity index is 2.17. The molecule has 0 spiro atoms.